The van der Waals surface area contributed by atoms with Gasteiger partial charge in [0.2, 0.25) is 6.54 Å². The number of carbonyl (C=O) groups is 3. The van der Waals surface area contributed by atoms with Crippen molar-refractivity contribution in [3.63, 3.8) is 0 Å². The molecule has 4 heterocycles. The van der Waals surface area contributed by atoms with Crippen molar-refractivity contribution in [1.29, 1.82) is 0 Å². The van der Waals surface area contributed by atoms with Crippen LogP contribution < -0.4 is 0 Å². The molecule has 5 unspecified atom stereocenters. The Labute approximate surface area is 275 Å². The molecule has 10 heteroatoms. The molecule has 4 aliphatic rings. The lowest BCUT2D eigenvalue weighted by molar-refractivity contribution is -0.143. The Bertz CT molecular complexity index is 1420. The SMILES string of the molecule is [C-]#[N+]C(C(=O)OCC)c1cc(C(=O)N2CCCC3CCCCC32)cs1.[C-]#[N+]Cc1cc(C(=O)N2CCCC3CCCCC32)cs1. The monoisotopic (exact) mass is 648 g/mol. The zero-order valence-electron chi connectivity index (χ0n) is 26.2. The van der Waals surface area contributed by atoms with Crippen molar-refractivity contribution >= 4 is 40.5 Å². The molecule has 6 rings (SSSR count). The molecule has 2 aliphatic carbocycles. The second-order valence-corrected chi connectivity index (χ2v) is 14.6. The number of hydrogen-bond donors (Lipinski definition) is 0. The summed E-state index contributed by atoms with van der Waals surface area (Å²) in [5.41, 5.74) is 1.39. The van der Waals surface area contributed by atoms with Crippen LogP contribution in [0.1, 0.15) is 120 Å². The predicted octanol–water partition coefficient (Wildman–Crippen LogP) is 8.03. The van der Waals surface area contributed by atoms with Gasteiger partial charge in [-0.25, -0.2) is 17.9 Å². The molecule has 0 N–H and O–H groups in total. The van der Waals surface area contributed by atoms with E-state index in [1.54, 1.807) is 18.4 Å². The highest BCUT2D eigenvalue weighted by atomic mass is 32.1. The summed E-state index contributed by atoms with van der Waals surface area (Å²) < 4.78 is 4.96. The number of amides is 2. The van der Waals surface area contributed by atoms with Crippen molar-refractivity contribution in [2.75, 3.05) is 19.7 Å². The summed E-state index contributed by atoms with van der Waals surface area (Å²) in [6, 6.07) is 3.49. The standard InChI is InChI=1S/C19H24N2O3S.C16H20N2OS/c1-3-24-19(23)17(20-2)16-11-14(12-25-16)18(22)21-10-6-8-13-7-4-5-9-15(13)21;1-17-10-14-9-13(11-20-14)16(19)18-8-4-6-12-5-2-3-7-15(12)18/h11-13,15,17H,3-10H2,1H3;9,11-12,15H,2-8,10H2. The highest BCUT2D eigenvalue weighted by Gasteiger charge is 2.38. The Morgan fingerprint density at radius 2 is 1.36 bits per heavy atom. The number of hydrogen-bond acceptors (Lipinski definition) is 6. The van der Waals surface area contributed by atoms with Crippen molar-refractivity contribution in [2.45, 2.75) is 109 Å². The van der Waals surface area contributed by atoms with Crippen molar-refractivity contribution in [3.05, 3.63) is 66.6 Å². The van der Waals surface area contributed by atoms with E-state index in [0.29, 0.717) is 35.0 Å². The van der Waals surface area contributed by atoms with E-state index < -0.39 is 12.0 Å². The number of carbonyl (C=O) groups excluding carboxylic acids is 3. The number of ether oxygens (including phenoxy) is 1. The summed E-state index contributed by atoms with van der Waals surface area (Å²) in [6.07, 6.45) is 14.6. The predicted molar refractivity (Wildman–Crippen MR) is 177 cm³/mol. The van der Waals surface area contributed by atoms with Gasteiger partial charge in [0.1, 0.15) is 0 Å². The normalized spacial score (nSPS) is 24.9. The second-order valence-electron chi connectivity index (χ2n) is 12.6. The summed E-state index contributed by atoms with van der Waals surface area (Å²) in [6.45, 7) is 18.3. The number of rotatable bonds is 6. The highest BCUT2D eigenvalue weighted by molar-refractivity contribution is 7.10. The molecule has 45 heavy (non-hydrogen) atoms. The summed E-state index contributed by atoms with van der Waals surface area (Å²) in [5.74, 6) is 1.06. The third kappa shape index (κ3) is 7.79. The second kappa shape index (κ2) is 15.9. The molecular formula is C35H44N4O4S2. The number of piperidine rings is 2. The van der Waals surface area contributed by atoms with Crippen molar-refractivity contribution in [1.82, 2.24) is 9.80 Å². The first-order chi connectivity index (χ1) is 21.9. The lowest BCUT2D eigenvalue weighted by atomic mass is 9.78. The molecule has 5 atom stereocenters. The zero-order chi connectivity index (χ0) is 31.8. The minimum atomic E-state index is -0.963. The summed E-state index contributed by atoms with van der Waals surface area (Å²) in [5, 5.41) is 3.71. The Balaban J connectivity index is 0.000000182. The molecule has 2 aromatic heterocycles. The van der Waals surface area contributed by atoms with Gasteiger partial charge in [-0.2, -0.15) is 0 Å². The van der Waals surface area contributed by atoms with Crippen LogP contribution in [-0.2, 0) is 16.1 Å². The Kier molecular flexibility index (Phi) is 11.7. The summed E-state index contributed by atoms with van der Waals surface area (Å²) in [4.78, 5) is 50.2. The Morgan fingerprint density at radius 3 is 1.91 bits per heavy atom. The van der Waals surface area contributed by atoms with Crippen molar-refractivity contribution in [3.8, 4) is 0 Å². The van der Waals surface area contributed by atoms with Crippen molar-refractivity contribution < 1.29 is 19.1 Å². The van der Waals surface area contributed by atoms with Crippen LogP contribution in [0.2, 0.25) is 0 Å². The van der Waals surface area contributed by atoms with E-state index in [-0.39, 0.29) is 18.4 Å². The molecule has 240 valence electrons. The molecular weight excluding hydrogens is 605 g/mol. The van der Waals surface area contributed by atoms with E-state index in [9.17, 15) is 14.4 Å². The quantitative estimate of drug-likeness (QED) is 0.235. The van der Waals surface area contributed by atoms with E-state index in [1.165, 1.54) is 80.5 Å². The van der Waals surface area contributed by atoms with E-state index >= 15 is 0 Å². The molecule has 4 fully saturated rings. The maximum absolute atomic E-state index is 13.0. The van der Waals surface area contributed by atoms with Crippen molar-refractivity contribution in [2.24, 2.45) is 11.8 Å². The van der Waals surface area contributed by atoms with Gasteiger partial charge in [-0.3, -0.25) is 14.4 Å². The number of likely N-dealkylation sites (tertiary alicyclic amines) is 2. The molecule has 8 nitrogen and oxygen atoms in total. The fraction of sp³-hybridized carbons (Fsp3) is 0.629. The van der Waals surface area contributed by atoms with Gasteiger partial charge in [0, 0.05) is 35.9 Å². The average Bonchev–Trinajstić information content (AvgIpc) is 3.75. The minimum absolute atomic E-state index is 0.0479. The molecule has 2 aliphatic heterocycles. The molecule has 0 radical (unpaired) electrons. The first kappa shape index (κ1) is 33.2. The van der Waals surface area contributed by atoms with Gasteiger partial charge >= 0.3 is 12.0 Å². The molecule has 0 spiro atoms. The number of esters is 1. The molecule has 0 bridgehead atoms. The first-order valence-corrected chi connectivity index (χ1v) is 18.3. The van der Waals surface area contributed by atoms with E-state index in [2.05, 4.69) is 14.6 Å². The lowest BCUT2D eigenvalue weighted by Crippen LogP contribution is -2.49. The van der Waals surface area contributed by atoms with Crippen LogP contribution in [0.3, 0.4) is 0 Å². The molecule has 2 amide bonds. The summed E-state index contributed by atoms with van der Waals surface area (Å²) >= 11 is 2.83. The van der Waals surface area contributed by atoms with Gasteiger partial charge in [0.15, 0.2) is 0 Å². The summed E-state index contributed by atoms with van der Waals surface area (Å²) in [7, 11) is 0. The maximum atomic E-state index is 13.0. The van der Waals surface area contributed by atoms with Crippen LogP contribution in [0.15, 0.2) is 22.9 Å². The molecule has 2 saturated heterocycles. The van der Waals surface area contributed by atoms with Crippen LogP contribution >= 0.6 is 22.7 Å². The maximum Gasteiger partial charge on any atom is 0.396 e. The Hall–Kier alpha value is -3.21. The lowest BCUT2D eigenvalue weighted by Gasteiger charge is -2.44. The van der Waals surface area contributed by atoms with Gasteiger partial charge in [-0.05, 0) is 82.3 Å². The van der Waals surface area contributed by atoms with Crippen LogP contribution in [-0.4, -0.2) is 59.4 Å². The van der Waals surface area contributed by atoms with Gasteiger partial charge in [-0.1, -0.05) is 25.7 Å². The average molecular weight is 649 g/mol. The molecule has 2 aromatic rings. The third-order valence-corrected chi connectivity index (χ3v) is 11.8. The number of fused-ring (bicyclic) bond motifs is 2. The van der Waals surface area contributed by atoms with E-state index in [4.69, 9.17) is 17.9 Å². The number of thiophene rings is 2. The smallest absolute Gasteiger partial charge is 0.396 e. The fourth-order valence-electron chi connectivity index (χ4n) is 7.80. The largest absolute Gasteiger partial charge is 0.460 e. The molecule has 0 aromatic carbocycles. The van der Waals surface area contributed by atoms with Crippen LogP contribution in [0, 0.1) is 25.0 Å². The van der Waals surface area contributed by atoms with Crippen LogP contribution in [0.5, 0.6) is 0 Å². The van der Waals surface area contributed by atoms with Gasteiger partial charge in [-0.15, -0.1) is 22.7 Å². The Morgan fingerprint density at radius 1 is 0.822 bits per heavy atom. The minimum Gasteiger partial charge on any atom is -0.460 e. The third-order valence-electron chi connectivity index (χ3n) is 9.92. The van der Waals surface area contributed by atoms with Gasteiger partial charge < -0.3 is 19.4 Å². The highest BCUT2D eigenvalue weighted by Crippen LogP contribution is 2.38. The topological polar surface area (TPSA) is 75.6 Å². The first-order valence-electron chi connectivity index (χ1n) is 16.6. The van der Waals surface area contributed by atoms with E-state index in [1.807, 2.05) is 16.3 Å². The van der Waals surface area contributed by atoms with Crippen LogP contribution in [0.4, 0.5) is 0 Å². The zero-order valence-corrected chi connectivity index (χ0v) is 27.9. The molecule has 2 saturated carbocycles. The fourth-order valence-corrected chi connectivity index (χ4v) is 9.49. The van der Waals surface area contributed by atoms with Crippen LogP contribution in [0.25, 0.3) is 9.69 Å². The van der Waals surface area contributed by atoms with Gasteiger partial charge in [0.05, 0.1) is 27.5 Å². The van der Waals surface area contributed by atoms with Gasteiger partial charge in [0.25, 0.3) is 11.8 Å². The number of nitrogens with zero attached hydrogens (tertiary/aromatic N) is 4. The van der Waals surface area contributed by atoms with E-state index in [0.717, 1.165) is 48.7 Å².